The first kappa shape index (κ1) is 11.0. The highest BCUT2D eigenvalue weighted by Crippen LogP contribution is 2.24. The van der Waals surface area contributed by atoms with E-state index in [1.165, 1.54) is 5.56 Å². The average molecular weight is 241 g/mol. The number of rotatable bonds is 2. The van der Waals surface area contributed by atoms with Crippen LogP contribution in [0, 0.1) is 12.3 Å². The van der Waals surface area contributed by atoms with Crippen molar-refractivity contribution in [3.8, 4) is 5.82 Å². The molecule has 0 fully saturated rings. The van der Waals surface area contributed by atoms with Gasteiger partial charge in [-0.15, -0.1) is 0 Å². The van der Waals surface area contributed by atoms with Gasteiger partial charge in [0.25, 0.3) is 0 Å². The molecule has 1 aliphatic carbocycles. The molecule has 92 valence electrons. The second kappa shape index (κ2) is 3.94. The molecular formula is C13H15N5. The molecule has 0 spiro atoms. The maximum atomic E-state index is 7.72. The van der Waals surface area contributed by atoms with Crippen molar-refractivity contribution in [1.82, 2.24) is 14.5 Å². The molecule has 5 nitrogen and oxygen atoms in total. The van der Waals surface area contributed by atoms with Crippen LogP contribution in [0.15, 0.2) is 18.5 Å². The summed E-state index contributed by atoms with van der Waals surface area (Å²) in [6, 6.07) is 2.01. The average Bonchev–Trinajstić information content (AvgIpc) is 2.94. The minimum absolute atomic E-state index is 0.0558. The number of hydrogen-bond acceptors (Lipinski definition) is 3. The second-order valence-electron chi connectivity index (χ2n) is 4.58. The number of nitrogens with zero attached hydrogens (tertiary/aromatic N) is 3. The topological polar surface area (TPSA) is 80.6 Å². The van der Waals surface area contributed by atoms with Crippen LogP contribution < -0.4 is 5.73 Å². The molecule has 2 heterocycles. The number of amidine groups is 1. The van der Waals surface area contributed by atoms with Crippen LogP contribution in [0.2, 0.25) is 0 Å². The van der Waals surface area contributed by atoms with E-state index in [-0.39, 0.29) is 5.84 Å². The van der Waals surface area contributed by atoms with Crippen molar-refractivity contribution >= 4 is 5.84 Å². The number of fused-ring (bicyclic) bond motifs is 1. The van der Waals surface area contributed by atoms with Gasteiger partial charge >= 0.3 is 0 Å². The van der Waals surface area contributed by atoms with Crippen molar-refractivity contribution in [2.45, 2.75) is 26.2 Å². The minimum Gasteiger partial charge on any atom is -0.384 e. The van der Waals surface area contributed by atoms with E-state index in [4.69, 9.17) is 11.1 Å². The highest BCUT2D eigenvalue weighted by molar-refractivity contribution is 5.98. The van der Waals surface area contributed by atoms with Crippen LogP contribution in [0.1, 0.15) is 29.1 Å². The zero-order valence-corrected chi connectivity index (χ0v) is 10.3. The zero-order chi connectivity index (χ0) is 12.7. The van der Waals surface area contributed by atoms with Crippen molar-refractivity contribution in [3.63, 3.8) is 0 Å². The molecule has 5 heteroatoms. The van der Waals surface area contributed by atoms with Crippen LogP contribution in [0.5, 0.6) is 0 Å². The van der Waals surface area contributed by atoms with Crippen LogP contribution in [-0.4, -0.2) is 20.4 Å². The predicted molar refractivity (Wildman–Crippen MR) is 69.1 cm³/mol. The Labute approximate surface area is 105 Å². The van der Waals surface area contributed by atoms with Gasteiger partial charge in [0.1, 0.15) is 17.5 Å². The quantitative estimate of drug-likeness (QED) is 0.615. The molecule has 0 bridgehead atoms. The van der Waals surface area contributed by atoms with E-state index >= 15 is 0 Å². The Bertz CT molecular complexity index is 626. The predicted octanol–water partition coefficient (Wildman–Crippen LogP) is 1.35. The lowest BCUT2D eigenvalue weighted by Crippen LogP contribution is -2.17. The number of hydrogen-bond donors (Lipinski definition) is 2. The molecule has 0 atom stereocenters. The van der Waals surface area contributed by atoms with Gasteiger partial charge in [-0.1, -0.05) is 0 Å². The van der Waals surface area contributed by atoms with E-state index in [2.05, 4.69) is 9.97 Å². The van der Waals surface area contributed by atoms with E-state index in [0.717, 1.165) is 36.6 Å². The molecule has 0 unspecified atom stereocenters. The van der Waals surface area contributed by atoms with Gasteiger partial charge < -0.3 is 5.73 Å². The van der Waals surface area contributed by atoms with Gasteiger partial charge in [0, 0.05) is 18.1 Å². The van der Waals surface area contributed by atoms with Crippen molar-refractivity contribution in [1.29, 1.82) is 5.41 Å². The van der Waals surface area contributed by atoms with E-state index in [1.54, 1.807) is 6.20 Å². The molecule has 1 aliphatic rings. The van der Waals surface area contributed by atoms with Crippen molar-refractivity contribution in [3.05, 3.63) is 41.1 Å². The fourth-order valence-corrected chi connectivity index (χ4v) is 2.44. The maximum absolute atomic E-state index is 7.72. The smallest absolute Gasteiger partial charge is 0.149 e. The summed E-state index contributed by atoms with van der Waals surface area (Å²) in [4.78, 5) is 8.88. The standard InChI is InChI=1S/C13H15N5/c1-8-16-5-6-18(8)13-10(12(14)15)7-9-3-2-4-11(9)17-13/h5-7H,2-4H2,1H3,(H3,14,15). The summed E-state index contributed by atoms with van der Waals surface area (Å²) >= 11 is 0. The lowest BCUT2D eigenvalue weighted by atomic mass is 10.1. The van der Waals surface area contributed by atoms with Crippen LogP contribution in [0.3, 0.4) is 0 Å². The lowest BCUT2D eigenvalue weighted by molar-refractivity contribution is 0.881. The summed E-state index contributed by atoms with van der Waals surface area (Å²) < 4.78 is 1.88. The Hall–Kier alpha value is -2.17. The van der Waals surface area contributed by atoms with Crippen LogP contribution in [0.25, 0.3) is 5.82 Å². The molecule has 0 radical (unpaired) electrons. The normalized spacial score (nSPS) is 13.6. The van der Waals surface area contributed by atoms with Gasteiger partial charge in [-0.05, 0) is 37.8 Å². The van der Waals surface area contributed by atoms with E-state index in [9.17, 15) is 0 Å². The molecule has 18 heavy (non-hydrogen) atoms. The Morgan fingerprint density at radius 1 is 1.44 bits per heavy atom. The SMILES string of the molecule is Cc1nccn1-c1nc2c(cc1C(=N)N)CCC2. The first-order valence-electron chi connectivity index (χ1n) is 6.04. The molecule has 2 aromatic heterocycles. The van der Waals surface area contributed by atoms with E-state index < -0.39 is 0 Å². The molecular weight excluding hydrogens is 226 g/mol. The first-order chi connectivity index (χ1) is 8.66. The van der Waals surface area contributed by atoms with E-state index in [0.29, 0.717) is 5.56 Å². The number of aromatic nitrogens is 3. The third-order valence-electron chi connectivity index (χ3n) is 3.37. The first-order valence-corrected chi connectivity index (χ1v) is 6.04. The molecule has 0 aromatic carbocycles. The van der Waals surface area contributed by atoms with Gasteiger partial charge in [0.05, 0.1) is 5.56 Å². The summed E-state index contributed by atoms with van der Waals surface area (Å²) in [6.07, 6.45) is 6.76. The number of imidazole rings is 1. The number of nitrogen functional groups attached to an aromatic ring is 1. The highest BCUT2D eigenvalue weighted by Gasteiger charge is 2.19. The summed E-state index contributed by atoms with van der Waals surface area (Å²) in [5.41, 5.74) is 8.72. The van der Waals surface area contributed by atoms with Gasteiger partial charge in [-0.25, -0.2) is 9.97 Å². The van der Waals surface area contributed by atoms with Gasteiger partial charge in [-0.3, -0.25) is 9.98 Å². The molecule has 0 saturated heterocycles. The second-order valence-corrected chi connectivity index (χ2v) is 4.58. The number of aryl methyl sites for hydroxylation is 3. The van der Waals surface area contributed by atoms with Crippen molar-refractivity contribution in [2.75, 3.05) is 0 Å². The Balaban J connectivity index is 2.24. The summed E-state index contributed by atoms with van der Waals surface area (Å²) in [5, 5.41) is 7.72. The molecule has 3 rings (SSSR count). The fourth-order valence-electron chi connectivity index (χ4n) is 2.44. The Morgan fingerprint density at radius 2 is 2.28 bits per heavy atom. The lowest BCUT2D eigenvalue weighted by Gasteiger charge is -2.12. The number of pyridine rings is 1. The summed E-state index contributed by atoms with van der Waals surface area (Å²) in [5.74, 6) is 1.63. The summed E-state index contributed by atoms with van der Waals surface area (Å²) in [6.45, 7) is 1.92. The van der Waals surface area contributed by atoms with Crippen molar-refractivity contribution in [2.24, 2.45) is 5.73 Å². The number of nitrogens with two attached hydrogens (primary N) is 1. The highest BCUT2D eigenvalue weighted by atomic mass is 15.1. The maximum Gasteiger partial charge on any atom is 0.149 e. The largest absolute Gasteiger partial charge is 0.384 e. The Morgan fingerprint density at radius 3 is 2.94 bits per heavy atom. The minimum atomic E-state index is 0.0558. The third kappa shape index (κ3) is 1.59. The fraction of sp³-hybridized carbons (Fsp3) is 0.308. The summed E-state index contributed by atoms with van der Waals surface area (Å²) in [7, 11) is 0. The van der Waals surface area contributed by atoms with Crippen LogP contribution in [-0.2, 0) is 12.8 Å². The molecule has 2 aromatic rings. The van der Waals surface area contributed by atoms with Crippen LogP contribution in [0.4, 0.5) is 0 Å². The molecule has 0 aliphatic heterocycles. The van der Waals surface area contributed by atoms with E-state index in [1.807, 2.05) is 23.8 Å². The van der Waals surface area contributed by atoms with Gasteiger partial charge in [0.15, 0.2) is 0 Å². The van der Waals surface area contributed by atoms with Crippen molar-refractivity contribution < 1.29 is 0 Å². The number of nitrogens with one attached hydrogen (secondary N) is 1. The monoisotopic (exact) mass is 241 g/mol. The van der Waals surface area contributed by atoms with Gasteiger partial charge in [0.2, 0.25) is 0 Å². The zero-order valence-electron chi connectivity index (χ0n) is 10.3. The molecule has 0 amide bonds. The third-order valence-corrected chi connectivity index (χ3v) is 3.37. The van der Waals surface area contributed by atoms with Gasteiger partial charge in [-0.2, -0.15) is 0 Å². The van der Waals surface area contributed by atoms with Crippen LogP contribution >= 0.6 is 0 Å². The molecule has 0 saturated carbocycles. The Kier molecular flexibility index (Phi) is 2.40. The molecule has 3 N–H and O–H groups in total.